The third kappa shape index (κ3) is 3.63. The van der Waals surface area contributed by atoms with Gasteiger partial charge in [-0.25, -0.2) is 4.39 Å². The minimum absolute atomic E-state index is 0.345. The largest absolute Gasteiger partial charge is 0.457 e. The molecular weight excluding hydrogens is 327 g/mol. The summed E-state index contributed by atoms with van der Waals surface area (Å²) in [5.41, 5.74) is 0. The average molecular weight is 334 g/mol. The van der Waals surface area contributed by atoms with Crippen molar-refractivity contribution >= 4 is 37.6 Å². The van der Waals surface area contributed by atoms with Gasteiger partial charge in [0.1, 0.15) is 17.3 Å². The van der Waals surface area contributed by atoms with E-state index in [1.54, 1.807) is 18.2 Å². The van der Waals surface area contributed by atoms with Gasteiger partial charge in [-0.3, -0.25) is 0 Å². The maximum absolute atomic E-state index is 13.1. The second-order valence-electron chi connectivity index (χ2n) is 3.26. The number of rotatable bonds is 3. The van der Waals surface area contributed by atoms with Crippen molar-refractivity contribution in [1.29, 1.82) is 0 Å². The first-order chi connectivity index (χ1) is 8.17. The van der Waals surface area contributed by atoms with E-state index in [0.717, 1.165) is 15.9 Å². The minimum Gasteiger partial charge on any atom is -0.457 e. The predicted molar refractivity (Wildman–Crippen MR) is 72.3 cm³/mol. The van der Waals surface area contributed by atoms with Crippen molar-refractivity contribution in [2.45, 2.75) is 4.90 Å². The van der Waals surface area contributed by atoms with Gasteiger partial charge in [0.2, 0.25) is 0 Å². The Morgan fingerprint density at radius 1 is 1.06 bits per heavy atom. The highest BCUT2D eigenvalue weighted by molar-refractivity contribution is 9.10. The van der Waals surface area contributed by atoms with Crippen LogP contribution < -0.4 is 4.74 Å². The molecule has 2 aromatic rings. The molecule has 0 aromatic heterocycles. The Balaban J connectivity index is 2.19. The van der Waals surface area contributed by atoms with Gasteiger partial charge in [-0.1, -0.05) is 15.9 Å². The van der Waals surface area contributed by atoms with Crippen molar-refractivity contribution in [3.8, 4) is 11.5 Å². The standard InChI is InChI=1S/C12H7BrClFOS/c13-8-5-9(15)7-11(6-8)16-10-1-3-12(17-14)4-2-10/h1-7H. The molecule has 17 heavy (non-hydrogen) atoms. The van der Waals surface area contributed by atoms with Gasteiger partial charge in [-0.15, -0.1) is 0 Å². The fraction of sp³-hybridized carbons (Fsp3) is 0. The molecular formula is C12H7BrClFOS. The van der Waals surface area contributed by atoms with Crippen LogP contribution in [0.4, 0.5) is 4.39 Å². The quantitative estimate of drug-likeness (QED) is 0.720. The molecule has 0 bridgehead atoms. The summed E-state index contributed by atoms with van der Waals surface area (Å²) < 4.78 is 19.3. The number of hydrogen-bond acceptors (Lipinski definition) is 2. The zero-order valence-corrected chi connectivity index (χ0v) is 11.7. The molecule has 0 radical (unpaired) electrons. The van der Waals surface area contributed by atoms with Crippen molar-refractivity contribution in [2.24, 2.45) is 0 Å². The topological polar surface area (TPSA) is 9.23 Å². The van der Waals surface area contributed by atoms with E-state index >= 15 is 0 Å². The lowest BCUT2D eigenvalue weighted by Crippen LogP contribution is -1.85. The van der Waals surface area contributed by atoms with Gasteiger partial charge in [0.25, 0.3) is 0 Å². The fourth-order valence-electron chi connectivity index (χ4n) is 1.28. The summed E-state index contributed by atoms with van der Waals surface area (Å²) in [4.78, 5) is 0.930. The molecule has 0 aliphatic rings. The number of benzene rings is 2. The van der Waals surface area contributed by atoms with Crippen molar-refractivity contribution in [2.75, 3.05) is 0 Å². The summed E-state index contributed by atoms with van der Waals surface area (Å²) in [6.45, 7) is 0. The molecule has 0 saturated heterocycles. The number of halogens is 3. The van der Waals surface area contributed by atoms with Gasteiger partial charge in [0.15, 0.2) is 0 Å². The monoisotopic (exact) mass is 332 g/mol. The molecule has 0 amide bonds. The van der Waals surface area contributed by atoms with Crippen molar-refractivity contribution in [3.63, 3.8) is 0 Å². The average Bonchev–Trinajstić information content (AvgIpc) is 2.28. The Bertz CT molecular complexity index is 498. The van der Waals surface area contributed by atoms with Crippen LogP contribution in [0.15, 0.2) is 51.8 Å². The maximum Gasteiger partial charge on any atom is 0.131 e. The summed E-state index contributed by atoms with van der Waals surface area (Å²) in [5, 5.41) is 0. The van der Waals surface area contributed by atoms with Crippen LogP contribution in [0, 0.1) is 5.82 Å². The van der Waals surface area contributed by atoms with Crippen LogP contribution in [0.5, 0.6) is 11.5 Å². The van der Waals surface area contributed by atoms with Gasteiger partial charge >= 0.3 is 0 Å². The highest BCUT2D eigenvalue weighted by atomic mass is 79.9. The summed E-state index contributed by atoms with van der Waals surface area (Å²) in [6, 6.07) is 11.6. The zero-order chi connectivity index (χ0) is 12.3. The van der Waals surface area contributed by atoms with Crippen molar-refractivity contribution in [1.82, 2.24) is 0 Å². The fourth-order valence-corrected chi connectivity index (χ4v) is 2.27. The van der Waals surface area contributed by atoms with E-state index in [0.29, 0.717) is 16.0 Å². The van der Waals surface area contributed by atoms with Gasteiger partial charge in [-0.05, 0) is 58.1 Å². The molecule has 0 N–H and O–H groups in total. The van der Waals surface area contributed by atoms with E-state index in [1.807, 2.05) is 12.1 Å². The second-order valence-corrected chi connectivity index (χ2v) is 5.26. The molecule has 0 aliphatic carbocycles. The molecule has 0 saturated carbocycles. The molecule has 88 valence electrons. The summed E-state index contributed by atoms with van der Waals surface area (Å²) in [6.07, 6.45) is 0. The van der Waals surface area contributed by atoms with E-state index in [1.165, 1.54) is 12.1 Å². The van der Waals surface area contributed by atoms with Gasteiger partial charge < -0.3 is 4.74 Å². The van der Waals surface area contributed by atoms with Crippen LogP contribution in [0.1, 0.15) is 0 Å². The zero-order valence-electron chi connectivity index (χ0n) is 8.49. The SMILES string of the molecule is Fc1cc(Br)cc(Oc2ccc(SCl)cc2)c1. The van der Waals surface area contributed by atoms with Crippen LogP contribution in [0.3, 0.4) is 0 Å². The Kier molecular flexibility index (Phi) is 4.31. The summed E-state index contributed by atoms with van der Waals surface area (Å²) >= 11 is 3.21. The molecule has 0 atom stereocenters. The van der Waals surface area contributed by atoms with E-state index in [4.69, 9.17) is 15.4 Å². The molecule has 0 unspecified atom stereocenters. The lowest BCUT2D eigenvalue weighted by molar-refractivity contribution is 0.476. The first-order valence-corrected chi connectivity index (χ1v) is 7.13. The predicted octanol–water partition coefficient (Wildman–Crippen LogP) is 5.63. The van der Waals surface area contributed by atoms with Crippen LogP contribution in [-0.2, 0) is 0 Å². The minimum atomic E-state index is -0.345. The molecule has 0 aliphatic heterocycles. The second kappa shape index (κ2) is 5.76. The highest BCUT2D eigenvalue weighted by Gasteiger charge is 2.02. The van der Waals surface area contributed by atoms with Crippen LogP contribution >= 0.6 is 37.6 Å². The molecule has 0 fully saturated rings. The van der Waals surface area contributed by atoms with Gasteiger partial charge in [-0.2, -0.15) is 0 Å². The lowest BCUT2D eigenvalue weighted by atomic mass is 10.3. The van der Waals surface area contributed by atoms with Crippen molar-refractivity contribution in [3.05, 3.63) is 52.8 Å². The lowest BCUT2D eigenvalue weighted by Gasteiger charge is -2.06. The molecule has 1 nitrogen and oxygen atoms in total. The van der Waals surface area contributed by atoms with E-state index < -0.39 is 0 Å². The van der Waals surface area contributed by atoms with Gasteiger partial charge in [0.05, 0.1) is 0 Å². The first kappa shape index (κ1) is 12.7. The Morgan fingerprint density at radius 3 is 2.35 bits per heavy atom. The van der Waals surface area contributed by atoms with E-state index in [-0.39, 0.29) is 5.82 Å². The molecule has 5 heteroatoms. The summed E-state index contributed by atoms with van der Waals surface area (Å²) in [5.74, 6) is 0.738. The Morgan fingerprint density at radius 2 is 1.76 bits per heavy atom. The Hall–Kier alpha value is -0.710. The molecule has 2 rings (SSSR count). The van der Waals surface area contributed by atoms with E-state index in [9.17, 15) is 4.39 Å². The highest BCUT2D eigenvalue weighted by Crippen LogP contribution is 2.28. The smallest absolute Gasteiger partial charge is 0.131 e. The van der Waals surface area contributed by atoms with Crippen LogP contribution in [0.2, 0.25) is 0 Å². The number of hydrogen-bond donors (Lipinski definition) is 0. The Labute approximate surface area is 116 Å². The molecule has 2 aromatic carbocycles. The van der Waals surface area contributed by atoms with Gasteiger partial charge in [0, 0.05) is 15.4 Å². The molecule has 0 spiro atoms. The normalized spacial score (nSPS) is 10.3. The number of ether oxygens (including phenoxy) is 1. The van der Waals surface area contributed by atoms with Crippen LogP contribution in [-0.4, -0.2) is 0 Å². The first-order valence-electron chi connectivity index (χ1n) is 4.70. The summed E-state index contributed by atoms with van der Waals surface area (Å²) in [7, 11) is 6.74. The third-order valence-corrected chi connectivity index (χ3v) is 3.43. The van der Waals surface area contributed by atoms with Crippen molar-refractivity contribution < 1.29 is 9.13 Å². The molecule has 0 heterocycles. The van der Waals surface area contributed by atoms with Crippen LogP contribution in [0.25, 0.3) is 0 Å². The van der Waals surface area contributed by atoms with E-state index in [2.05, 4.69) is 15.9 Å². The third-order valence-electron chi connectivity index (χ3n) is 1.98. The maximum atomic E-state index is 13.1.